The molecule has 0 saturated heterocycles. The molecule has 6 nitrogen and oxygen atoms in total. The van der Waals surface area contributed by atoms with E-state index in [-0.39, 0.29) is 12.2 Å². The van der Waals surface area contributed by atoms with Gasteiger partial charge in [-0.1, -0.05) is 0 Å². The molecule has 0 radical (unpaired) electrons. The Morgan fingerprint density at radius 2 is 2.00 bits per heavy atom. The molecule has 2 aromatic carbocycles. The van der Waals surface area contributed by atoms with Crippen molar-refractivity contribution in [1.29, 1.82) is 0 Å². The molecule has 26 heavy (non-hydrogen) atoms. The van der Waals surface area contributed by atoms with Gasteiger partial charge in [-0.05, 0) is 38.1 Å². The van der Waals surface area contributed by atoms with Gasteiger partial charge in [0.1, 0.15) is 28.1 Å². The molecule has 132 valence electrons. The van der Waals surface area contributed by atoms with E-state index in [4.69, 9.17) is 23.4 Å². The van der Waals surface area contributed by atoms with Gasteiger partial charge in [0.2, 0.25) is 18.0 Å². The van der Waals surface area contributed by atoms with Gasteiger partial charge in [0.15, 0.2) is 11.3 Å². The van der Waals surface area contributed by atoms with Crippen LogP contribution in [-0.4, -0.2) is 19.5 Å². The van der Waals surface area contributed by atoms with Crippen LogP contribution < -0.4 is 24.4 Å². The van der Waals surface area contributed by atoms with Gasteiger partial charge in [-0.25, -0.2) is 0 Å². The van der Waals surface area contributed by atoms with E-state index in [9.17, 15) is 4.79 Å². The van der Waals surface area contributed by atoms with Crippen molar-refractivity contribution in [2.75, 3.05) is 13.9 Å². The summed E-state index contributed by atoms with van der Waals surface area (Å²) in [6, 6.07) is 5.11. The van der Waals surface area contributed by atoms with Crippen LogP contribution in [0.5, 0.6) is 23.0 Å². The van der Waals surface area contributed by atoms with Crippen molar-refractivity contribution in [2.24, 2.45) is 0 Å². The molecule has 0 atom stereocenters. The average Bonchev–Trinajstić information content (AvgIpc) is 3.09. The molecule has 3 heterocycles. The van der Waals surface area contributed by atoms with Crippen LogP contribution in [0.2, 0.25) is 0 Å². The first-order valence-electron chi connectivity index (χ1n) is 8.27. The summed E-state index contributed by atoms with van der Waals surface area (Å²) in [5.74, 6) is 2.05. The van der Waals surface area contributed by atoms with Crippen LogP contribution in [-0.2, 0) is 0 Å². The fourth-order valence-corrected chi connectivity index (χ4v) is 3.41. The van der Waals surface area contributed by atoms with E-state index >= 15 is 0 Å². The highest BCUT2D eigenvalue weighted by atomic mass is 16.7. The number of hydrogen-bond donors (Lipinski definition) is 0. The second kappa shape index (κ2) is 4.94. The average molecular weight is 352 g/mol. The van der Waals surface area contributed by atoms with Gasteiger partial charge in [-0.2, -0.15) is 0 Å². The SMILES string of the molecule is COc1cc2oc3c4c(ccc3c(=O)c2c2c1C=CC(C)(C)O2)OCO4. The maximum Gasteiger partial charge on any atom is 0.231 e. The first-order valence-corrected chi connectivity index (χ1v) is 8.27. The van der Waals surface area contributed by atoms with Crippen LogP contribution in [0.1, 0.15) is 19.4 Å². The Kier molecular flexibility index (Phi) is 2.88. The molecule has 0 saturated carbocycles. The summed E-state index contributed by atoms with van der Waals surface area (Å²) in [7, 11) is 1.57. The minimum atomic E-state index is -0.539. The molecule has 0 aliphatic carbocycles. The zero-order valence-electron chi connectivity index (χ0n) is 14.5. The van der Waals surface area contributed by atoms with Crippen molar-refractivity contribution in [3.63, 3.8) is 0 Å². The van der Waals surface area contributed by atoms with Gasteiger partial charge in [0.25, 0.3) is 0 Å². The first kappa shape index (κ1) is 15.1. The normalized spacial score (nSPS) is 16.6. The lowest BCUT2D eigenvalue weighted by molar-refractivity contribution is 0.160. The van der Waals surface area contributed by atoms with Crippen LogP contribution >= 0.6 is 0 Å². The lowest BCUT2D eigenvalue weighted by Gasteiger charge is -2.29. The maximum atomic E-state index is 13.3. The Bertz CT molecular complexity index is 1170. The number of ether oxygens (including phenoxy) is 4. The minimum absolute atomic E-state index is 0.103. The molecule has 5 rings (SSSR count). The molecule has 0 fully saturated rings. The van der Waals surface area contributed by atoms with Crippen molar-refractivity contribution in [3.8, 4) is 23.0 Å². The van der Waals surface area contributed by atoms with E-state index in [2.05, 4.69) is 0 Å². The number of fused-ring (bicyclic) bond motifs is 6. The molecule has 0 spiro atoms. The highest BCUT2D eigenvalue weighted by Gasteiger charge is 2.29. The van der Waals surface area contributed by atoms with Crippen LogP contribution in [0.4, 0.5) is 0 Å². The molecule has 6 heteroatoms. The largest absolute Gasteiger partial charge is 0.496 e. The van der Waals surface area contributed by atoms with Crippen molar-refractivity contribution < 1.29 is 23.4 Å². The van der Waals surface area contributed by atoms with Crippen molar-refractivity contribution in [3.05, 3.63) is 40.1 Å². The Morgan fingerprint density at radius 3 is 2.81 bits per heavy atom. The molecule has 0 bridgehead atoms. The molecule has 2 aliphatic heterocycles. The molecule has 2 aliphatic rings. The monoisotopic (exact) mass is 352 g/mol. The molecule has 0 unspecified atom stereocenters. The Morgan fingerprint density at radius 1 is 1.15 bits per heavy atom. The zero-order valence-corrected chi connectivity index (χ0v) is 14.5. The summed E-state index contributed by atoms with van der Waals surface area (Å²) in [6.45, 7) is 3.96. The van der Waals surface area contributed by atoms with Crippen LogP contribution in [0.15, 0.2) is 33.5 Å². The lowest BCUT2D eigenvalue weighted by atomic mass is 9.98. The summed E-state index contributed by atoms with van der Waals surface area (Å²) in [6.07, 6.45) is 3.85. The van der Waals surface area contributed by atoms with Gasteiger partial charge in [0, 0.05) is 6.07 Å². The van der Waals surface area contributed by atoms with Gasteiger partial charge >= 0.3 is 0 Å². The summed E-state index contributed by atoms with van der Waals surface area (Å²) in [5, 5.41) is 0.815. The van der Waals surface area contributed by atoms with Crippen LogP contribution in [0.25, 0.3) is 28.0 Å². The Hall–Kier alpha value is -3.15. The summed E-state index contributed by atoms with van der Waals surface area (Å²) < 4.78 is 28.5. The van der Waals surface area contributed by atoms with Gasteiger partial charge < -0.3 is 23.4 Å². The number of methoxy groups -OCH3 is 1. The van der Waals surface area contributed by atoms with E-state index in [1.165, 1.54) is 0 Å². The Balaban J connectivity index is 1.95. The van der Waals surface area contributed by atoms with E-state index in [1.807, 2.05) is 26.0 Å². The predicted octanol–water partition coefficient (Wildman–Crippen LogP) is 3.87. The Labute approximate surface area is 148 Å². The van der Waals surface area contributed by atoms with E-state index in [1.54, 1.807) is 25.3 Å². The standard InChI is InChI=1S/C20H16O6/c1-20(2)7-6-10-13(22-3)8-14-15(17(10)26-20)16(21)11-4-5-12-19(18(11)25-14)24-9-23-12/h4-8H,9H2,1-3H3. The fourth-order valence-electron chi connectivity index (χ4n) is 3.41. The summed E-state index contributed by atoms with van der Waals surface area (Å²) in [5.41, 5.74) is 0.761. The quantitative estimate of drug-likeness (QED) is 0.620. The smallest absolute Gasteiger partial charge is 0.231 e. The van der Waals surface area contributed by atoms with Gasteiger partial charge in [0.05, 0.1) is 18.1 Å². The highest BCUT2D eigenvalue weighted by molar-refractivity contribution is 5.99. The second-order valence-electron chi connectivity index (χ2n) is 6.84. The van der Waals surface area contributed by atoms with E-state index in [0.717, 1.165) is 5.56 Å². The van der Waals surface area contributed by atoms with E-state index < -0.39 is 5.60 Å². The number of hydrogen-bond acceptors (Lipinski definition) is 6. The van der Waals surface area contributed by atoms with Crippen molar-refractivity contribution in [2.45, 2.75) is 19.4 Å². The predicted molar refractivity (Wildman–Crippen MR) is 96.4 cm³/mol. The zero-order chi connectivity index (χ0) is 18.1. The first-order chi connectivity index (χ1) is 12.5. The van der Waals surface area contributed by atoms with Gasteiger partial charge in [-0.15, -0.1) is 0 Å². The van der Waals surface area contributed by atoms with Crippen molar-refractivity contribution in [1.82, 2.24) is 0 Å². The second-order valence-corrected chi connectivity index (χ2v) is 6.84. The van der Waals surface area contributed by atoms with Gasteiger partial charge in [-0.3, -0.25) is 4.79 Å². The molecule has 3 aromatic rings. The minimum Gasteiger partial charge on any atom is -0.496 e. The van der Waals surface area contributed by atoms with Crippen molar-refractivity contribution >= 4 is 28.0 Å². The highest BCUT2D eigenvalue weighted by Crippen LogP contribution is 2.44. The number of benzene rings is 2. The molecule has 0 N–H and O–H groups in total. The molecular weight excluding hydrogens is 336 g/mol. The maximum absolute atomic E-state index is 13.3. The van der Waals surface area contributed by atoms with E-state index in [0.29, 0.717) is 44.9 Å². The fraction of sp³-hybridized carbons (Fsp3) is 0.250. The summed E-state index contributed by atoms with van der Waals surface area (Å²) >= 11 is 0. The molecule has 0 amide bonds. The molecule has 1 aromatic heterocycles. The molecular formula is C20H16O6. The summed E-state index contributed by atoms with van der Waals surface area (Å²) in [4.78, 5) is 13.3. The third-order valence-corrected chi connectivity index (χ3v) is 4.66. The van der Waals surface area contributed by atoms with Crippen LogP contribution in [0, 0.1) is 0 Å². The van der Waals surface area contributed by atoms with Crippen LogP contribution in [0.3, 0.4) is 0 Å². The lowest BCUT2D eigenvalue weighted by Crippen LogP contribution is -2.28. The number of rotatable bonds is 1. The third kappa shape index (κ3) is 1.95. The third-order valence-electron chi connectivity index (χ3n) is 4.66. The topological polar surface area (TPSA) is 67.1 Å².